The Morgan fingerprint density at radius 2 is 0.955 bits per heavy atom. The Labute approximate surface area is 147 Å². The number of hydrogen-bond acceptors (Lipinski definition) is 0. The third kappa shape index (κ3) is 2.00. The molecule has 0 aliphatic heterocycles. The van der Waals surface area contributed by atoms with Crippen molar-refractivity contribution in [1.29, 1.82) is 0 Å². The second-order valence-corrected chi connectivity index (χ2v) is 8.71. The lowest BCUT2D eigenvalue weighted by atomic mass is 9.89. The van der Waals surface area contributed by atoms with Crippen LogP contribution in [0.25, 0.3) is 32.3 Å². The maximum atomic E-state index is 3.74. The van der Waals surface area contributed by atoms with Crippen LogP contribution >= 0.6 is 31.9 Å². The Bertz CT molecular complexity index is 901. The number of benzene rings is 4. The highest BCUT2D eigenvalue weighted by Gasteiger charge is 2.15. The van der Waals surface area contributed by atoms with Gasteiger partial charge in [-0.3, -0.25) is 0 Å². The Balaban J connectivity index is 2.28. The molecule has 0 nitrogen and oxygen atoms in total. The number of alkyl halides is 2. The monoisotopic (exact) mass is 414 g/mol. The van der Waals surface area contributed by atoms with Crippen LogP contribution in [0.3, 0.4) is 0 Å². The lowest BCUT2D eigenvalue weighted by Crippen LogP contribution is -1.93. The summed E-state index contributed by atoms with van der Waals surface area (Å²) in [5, 5.41) is 8.16. The Kier molecular flexibility index (Phi) is 3.43. The molecule has 0 heterocycles. The van der Waals surface area contributed by atoms with Gasteiger partial charge in [-0.15, -0.1) is 0 Å². The van der Waals surface area contributed by atoms with E-state index in [2.05, 4.69) is 94.2 Å². The summed E-state index contributed by atoms with van der Waals surface area (Å²) < 4.78 is 0. The van der Waals surface area contributed by atoms with Crippen LogP contribution in [0.1, 0.15) is 34.6 Å². The van der Waals surface area contributed by atoms with E-state index in [1.807, 2.05) is 0 Å². The third-order valence-corrected chi connectivity index (χ3v) is 5.58. The van der Waals surface area contributed by atoms with Crippen LogP contribution in [0, 0.1) is 0 Å². The predicted molar refractivity (Wildman–Crippen MR) is 105 cm³/mol. The van der Waals surface area contributed by atoms with Crippen molar-refractivity contribution in [2.75, 3.05) is 0 Å². The average molecular weight is 416 g/mol. The second-order valence-electron chi connectivity index (χ2n) is 5.96. The van der Waals surface area contributed by atoms with Gasteiger partial charge in [-0.2, -0.15) is 0 Å². The van der Waals surface area contributed by atoms with Crippen molar-refractivity contribution in [2.24, 2.45) is 0 Å². The molecule has 0 N–H and O–H groups in total. The number of rotatable bonds is 2. The zero-order valence-corrected chi connectivity index (χ0v) is 15.7. The van der Waals surface area contributed by atoms with Crippen LogP contribution in [-0.4, -0.2) is 0 Å². The molecule has 4 aromatic carbocycles. The van der Waals surface area contributed by atoms with Gasteiger partial charge in [0, 0.05) is 9.65 Å². The molecule has 0 aromatic heterocycles. The predicted octanol–water partition coefficient (Wildman–Crippen LogP) is 7.50. The molecule has 0 saturated carbocycles. The molecule has 4 aromatic rings. The Morgan fingerprint density at radius 3 is 1.32 bits per heavy atom. The minimum absolute atomic E-state index is 0.353. The lowest BCUT2D eigenvalue weighted by Gasteiger charge is -2.17. The van der Waals surface area contributed by atoms with E-state index in [-0.39, 0.29) is 0 Å². The van der Waals surface area contributed by atoms with Gasteiger partial charge in [0.2, 0.25) is 0 Å². The van der Waals surface area contributed by atoms with Gasteiger partial charge in [0.15, 0.2) is 0 Å². The van der Waals surface area contributed by atoms with Crippen LogP contribution in [0.2, 0.25) is 0 Å². The smallest absolute Gasteiger partial charge is 0.0373 e. The van der Waals surface area contributed by atoms with E-state index in [9.17, 15) is 0 Å². The summed E-state index contributed by atoms with van der Waals surface area (Å²) in [5.41, 5.74) is 2.72. The van der Waals surface area contributed by atoms with Gasteiger partial charge < -0.3 is 0 Å². The second kappa shape index (κ2) is 5.21. The molecule has 2 unspecified atom stereocenters. The molecule has 0 radical (unpaired) electrons. The van der Waals surface area contributed by atoms with Gasteiger partial charge in [-0.05, 0) is 57.3 Å². The fourth-order valence-corrected chi connectivity index (χ4v) is 4.34. The molecule has 2 atom stereocenters. The maximum absolute atomic E-state index is 3.74. The van der Waals surface area contributed by atoms with E-state index in [4.69, 9.17) is 0 Å². The summed E-state index contributed by atoms with van der Waals surface area (Å²) in [6, 6.07) is 18.0. The summed E-state index contributed by atoms with van der Waals surface area (Å²) in [7, 11) is 0. The summed E-state index contributed by atoms with van der Waals surface area (Å²) >= 11 is 7.48. The standard InChI is InChI=1S/C20H16Br2/c1-11(21)15-7-3-13-6-10-18-16(12(2)22)8-4-14-5-9-17(15)19(13)20(14)18/h3-12H,1-2H3. The topological polar surface area (TPSA) is 0 Å². The first-order valence-electron chi connectivity index (χ1n) is 7.56. The van der Waals surface area contributed by atoms with Crippen molar-refractivity contribution in [2.45, 2.75) is 23.5 Å². The van der Waals surface area contributed by atoms with Gasteiger partial charge in [0.25, 0.3) is 0 Å². The van der Waals surface area contributed by atoms with Gasteiger partial charge in [-0.25, -0.2) is 0 Å². The Morgan fingerprint density at radius 1 is 0.591 bits per heavy atom. The number of halogens is 2. The summed E-state index contributed by atoms with van der Waals surface area (Å²) in [6.07, 6.45) is 0. The molecule has 0 amide bonds. The molecule has 0 spiro atoms. The molecule has 110 valence electrons. The van der Waals surface area contributed by atoms with E-state index >= 15 is 0 Å². The summed E-state index contributed by atoms with van der Waals surface area (Å²) in [4.78, 5) is 0.707. The van der Waals surface area contributed by atoms with E-state index < -0.39 is 0 Å². The molecule has 2 heteroatoms. The van der Waals surface area contributed by atoms with E-state index in [1.165, 1.54) is 43.4 Å². The first-order valence-corrected chi connectivity index (χ1v) is 9.39. The fraction of sp³-hybridized carbons (Fsp3) is 0.200. The number of hydrogen-bond donors (Lipinski definition) is 0. The first kappa shape index (κ1) is 14.5. The van der Waals surface area contributed by atoms with E-state index in [1.54, 1.807) is 0 Å². The van der Waals surface area contributed by atoms with Crippen LogP contribution in [-0.2, 0) is 0 Å². The van der Waals surface area contributed by atoms with Crippen molar-refractivity contribution in [3.05, 3.63) is 59.7 Å². The summed E-state index contributed by atoms with van der Waals surface area (Å²) in [5.74, 6) is 0. The van der Waals surface area contributed by atoms with E-state index in [0.29, 0.717) is 9.65 Å². The molecular formula is C20H16Br2. The summed E-state index contributed by atoms with van der Waals surface area (Å²) in [6.45, 7) is 4.39. The first-order chi connectivity index (χ1) is 10.6. The van der Waals surface area contributed by atoms with E-state index in [0.717, 1.165) is 0 Å². The van der Waals surface area contributed by atoms with Gasteiger partial charge in [-0.1, -0.05) is 80.4 Å². The molecule has 0 saturated heterocycles. The SMILES string of the molecule is CC(Br)c1ccc2ccc3c(C(C)Br)ccc4ccc1c2c43. The van der Waals surface area contributed by atoms with Crippen LogP contribution in [0.4, 0.5) is 0 Å². The highest BCUT2D eigenvalue weighted by molar-refractivity contribution is 9.09. The highest BCUT2D eigenvalue weighted by Crippen LogP contribution is 2.41. The molecular weight excluding hydrogens is 400 g/mol. The molecule has 4 rings (SSSR count). The van der Waals surface area contributed by atoms with Crippen molar-refractivity contribution in [3.8, 4) is 0 Å². The average Bonchev–Trinajstić information content (AvgIpc) is 2.51. The normalized spacial score (nSPS) is 14.9. The molecule has 22 heavy (non-hydrogen) atoms. The zero-order valence-electron chi connectivity index (χ0n) is 12.5. The van der Waals surface area contributed by atoms with Gasteiger partial charge in [0.1, 0.15) is 0 Å². The Hall–Kier alpha value is -1.12. The van der Waals surface area contributed by atoms with Crippen molar-refractivity contribution < 1.29 is 0 Å². The molecule has 0 aliphatic carbocycles. The van der Waals surface area contributed by atoms with Crippen LogP contribution in [0.15, 0.2) is 48.5 Å². The fourth-order valence-electron chi connectivity index (χ4n) is 3.54. The van der Waals surface area contributed by atoms with Crippen molar-refractivity contribution in [1.82, 2.24) is 0 Å². The molecule has 0 fully saturated rings. The quantitative estimate of drug-likeness (QED) is 0.235. The minimum atomic E-state index is 0.353. The van der Waals surface area contributed by atoms with Crippen LogP contribution in [0.5, 0.6) is 0 Å². The van der Waals surface area contributed by atoms with Crippen molar-refractivity contribution >= 4 is 64.2 Å². The largest absolute Gasteiger partial charge is 0.0842 e. The van der Waals surface area contributed by atoms with Crippen LogP contribution < -0.4 is 0 Å². The van der Waals surface area contributed by atoms with Gasteiger partial charge >= 0.3 is 0 Å². The van der Waals surface area contributed by atoms with Crippen molar-refractivity contribution in [3.63, 3.8) is 0 Å². The molecule has 0 aliphatic rings. The maximum Gasteiger partial charge on any atom is 0.0373 e. The van der Waals surface area contributed by atoms with Gasteiger partial charge in [0.05, 0.1) is 0 Å². The highest BCUT2D eigenvalue weighted by atomic mass is 79.9. The third-order valence-electron chi connectivity index (χ3n) is 4.59. The lowest BCUT2D eigenvalue weighted by molar-refractivity contribution is 1.14. The molecule has 0 bridgehead atoms. The zero-order chi connectivity index (χ0) is 15.4. The minimum Gasteiger partial charge on any atom is -0.0842 e.